The van der Waals surface area contributed by atoms with Gasteiger partial charge in [-0.1, -0.05) is 0 Å². The number of nitrogens with zero attached hydrogens (tertiary/aromatic N) is 4. The zero-order valence-electron chi connectivity index (χ0n) is 10.9. The van der Waals surface area contributed by atoms with Gasteiger partial charge in [0.25, 0.3) is 0 Å². The molecule has 2 rings (SSSR count). The van der Waals surface area contributed by atoms with E-state index in [1.165, 1.54) is 0 Å². The van der Waals surface area contributed by atoms with Gasteiger partial charge >= 0.3 is 0 Å². The summed E-state index contributed by atoms with van der Waals surface area (Å²) in [5.41, 5.74) is 2.00. The van der Waals surface area contributed by atoms with Crippen molar-refractivity contribution in [2.45, 2.75) is 33.1 Å². The van der Waals surface area contributed by atoms with Gasteiger partial charge in [-0.15, -0.1) is 12.4 Å². The van der Waals surface area contributed by atoms with Crippen molar-refractivity contribution in [1.82, 2.24) is 24.9 Å². The minimum Gasteiger partial charge on any atom is -0.305 e. The lowest BCUT2D eigenvalue weighted by Crippen LogP contribution is -2.17. The van der Waals surface area contributed by atoms with Gasteiger partial charge in [0.05, 0.1) is 17.9 Å². The molecule has 5 nitrogen and oxygen atoms in total. The van der Waals surface area contributed by atoms with Crippen LogP contribution >= 0.6 is 12.4 Å². The van der Waals surface area contributed by atoms with Gasteiger partial charge in [0.2, 0.25) is 0 Å². The fourth-order valence-corrected chi connectivity index (χ4v) is 1.78. The zero-order chi connectivity index (χ0) is 12.8. The molecule has 0 radical (unpaired) electrons. The molecule has 106 valence electrons. The summed E-state index contributed by atoms with van der Waals surface area (Å²) in [6, 6.07) is 3.89. The average Bonchev–Trinajstić information content (AvgIpc) is 3.00. The van der Waals surface area contributed by atoms with Gasteiger partial charge in [-0.25, -0.2) is 4.39 Å². The number of alkyl halides is 1. The van der Waals surface area contributed by atoms with Crippen molar-refractivity contribution in [3.63, 3.8) is 0 Å². The van der Waals surface area contributed by atoms with Gasteiger partial charge in [0.15, 0.2) is 0 Å². The lowest BCUT2D eigenvalue weighted by Gasteiger charge is -2.06. The van der Waals surface area contributed by atoms with E-state index < -0.39 is 6.67 Å². The Balaban J connectivity index is 0.00000180. The van der Waals surface area contributed by atoms with Crippen LogP contribution in [-0.4, -0.2) is 26.2 Å². The number of hydrogen-bond donors (Lipinski definition) is 1. The Morgan fingerprint density at radius 2 is 2.16 bits per heavy atom. The smallest absolute Gasteiger partial charge is 0.109 e. The van der Waals surface area contributed by atoms with Crippen molar-refractivity contribution in [3.8, 4) is 0 Å². The highest BCUT2D eigenvalue weighted by atomic mass is 35.5. The second kappa shape index (κ2) is 7.91. The van der Waals surface area contributed by atoms with Gasteiger partial charge < -0.3 is 5.32 Å². The Morgan fingerprint density at radius 3 is 2.84 bits per heavy atom. The molecule has 7 heteroatoms. The molecule has 0 saturated carbocycles. The maximum atomic E-state index is 12.3. The van der Waals surface area contributed by atoms with Gasteiger partial charge in [-0.05, 0) is 19.1 Å². The van der Waals surface area contributed by atoms with E-state index in [0.29, 0.717) is 19.6 Å². The van der Waals surface area contributed by atoms with Crippen molar-refractivity contribution in [3.05, 3.63) is 35.9 Å². The van der Waals surface area contributed by atoms with Gasteiger partial charge in [-0.3, -0.25) is 9.36 Å². The molecule has 0 saturated heterocycles. The lowest BCUT2D eigenvalue weighted by atomic mass is 10.4. The normalized spacial score (nSPS) is 10.4. The highest BCUT2D eigenvalue weighted by Crippen LogP contribution is 2.00. The molecule has 0 fully saturated rings. The number of hydrogen-bond acceptors (Lipinski definition) is 3. The fourth-order valence-electron chi connectivity index (χ4n) is 1.78. The second-order valence-corrected chi connectivity index (χ2v) is 4.00. The Hall–Kier alpha value is -1.40. The zero-order valence-corrected chi connectivity index (χ0v) is 11.7. The third-order valence-corrected chi connectivity index (χ3v) is 2.73. The van der Waals surface area contributed by atoms with Crippen molar-refractivity contribution < 1.29 is 4.39 Å². The summed E-state index contributed by atoms with van der Waals surface area (Å²) in [6.07, 6.45) is 3.66. The molecular weight excluding hydrogens is 269 g/mol. The largest absolute Gasteiger partial charge is 0.305 e. The molecule has 0 atom stereocenters. The standard InChI is InChI=1S/C12H18FN5.ClH/c1-2-17-7-4-11(16-17)9-14-10-12-3-6-15-18(12)8-5-13;/h3-4,6-7,14H,2,5,8-10H2,1H3;1H. The van der Waals surface area contributed by atoms with Gasteiger partial charge in [0.1, 0.15) is 6.67 Å². The summed E-state index contributed by atoms with van der Waals surface area (Å²) in [4.78, 5) is 0. The van der Waals surface area contributed by atoms with Crippen LogP contribution in [-0.2, 0) is 26.2 Å². The number of halogens is 2. The van der Waals surface area contributed by atoms with E-state index >= 15 is 0 Å². The van der Waals surface area contributed by atoms with E-state index in [2.05, 4.69) is 22.4 Å². The Bertz CT molecular complexity index is 482. The van der Waals surface area contributed by atoms with Crippen LogP contribution in [0.3, 0.4) is 0 Å². The molecule has 0 aliphatic carbocycles. The van der Waals surface area contributed by atoms with Crippen LogP contribution in [0, 0.1) is 0 Å². The molecule has 0 aliphatic rings. The lowest BCUT2D eigenvalue weighted by molar-refractivity contribution is 0.417. The summed E-state index contributed by atoms with van der Waals surface area (Å²) in [5.74, 6) is 0. The second-order valence-electron chi connectivity index (χ2n) is 4.00. The summed E-state index contributed by atoms with van der Waals surface area (Å²) >= 11 is 0. The van der Waals surface area contributed by atoms with Crippen LogP contribution in [0.4, 0.5) is 4.39 Å². The van der Waals surface area contributed by atoms with Crippen LogP contribution < -0.4 is 5.32 Å². The number of aromatic nitrogens is 4. The monoisotopic (exact) mass is 287 g/mol. The number of nitrogens with one attached hydrogen (secondary N) is 1. The van der Waals surface area contributed by atoms with Crippen molar-refractivity contribution >= 4 is 12.4 Å². The molecule has 2 heterocycles. The quantitative estimate of drug-likeness (QED) is 0.844. The molecule has 19 heavy (non-hydrogen) atoms. The maximum absolute atomic E-state index is 12.3. The van der Waals surface area contributed by atoms with E-state index in [1.807, 2.05) is 23.0 Å². The molecule has 1 N–H and O–H groups in total. The molecular formula is C12H19ClFN5. The third-order valence-electron chi connectivity index (χ3n) is 2.73. The third kappa shape index (κ3) is 4.33. The van der Waals surface area contributed by atoms with E-state index in [4.69, 9.17) is 0 Å². The minimum atomic E-state index is -0.393. The summed E-state index contributed by atoms with van der Waals surface area (Å²) in [5, 5.41) is 11.7. The molecule has 2 aromatic heterocycles. The van der Waals surface area contributed by atoms with Gasteiger partial charge in [0, 0.05) is 32.0 Å². The van der Waals surface area contributed by atoms with Crippen LogP contribution in [0.5, 0.6) is 0 Å². The fraction of sp³-hybridized carbons (Fsp3) is 0.500. The van der Waals surface area contributed by atoms with Crippen LogP contribution in [0.1, 0.15) is 18.3 Å². The molecule has 0 bridgehead atoms. The van der Waals surface area contributed by atoms with Gasteiger partial charge in [-0.2, -0.15) is 10.2 Å². The Labute approximate surface area is 118 Å². The van der Waals surface area contributed by atoms with E-state index in [9.17, 15) is 4.39 Å². The maximum Gasteiger partial charge on any atom is 0.109 e. The Morgan fingerprint density at radius 1 is 1.32 bits per heavy atom. The minimum absolute atomic E-state index is 0. The van der Waals surface area contributed by atoms with Crippen molar-refractivity contribution in [2.24, 2.45) is 0 Å². The SMILES string of the molecule is CCn1ccc(CNCc2ccnn2CCF)n1.Cl. The van der Waals surface area contributed by atoms with Crippen LogP contribution in [0.15, 0.2) is 24.5 Å². The average molecular weight is 288 g/mol. The predicted octanol–water partition coefficient (Wildman–Crippen LogP) is 1.78. The first kappa shape index (κ1) is 15.7. The van der Waals surface area contributed by atoms with E-state index in [0.717, 1.165) is 17.9 Å². The summed E-state index contributed by atoms with van der Waals surface area (Å²) in [6.45, 7) is 4.22. The molecule has 0 aromatic carbocycles. The number of aryl methyl sites for hydroxylation is 2. The summed E-state index contributed by atoms with van der Waals surface area (Å²) < 4.78 is 15.8. The van der Waals surface area contributed by atoms with Crippen molar-refractivity contribution in [1.29, 1.82) is 0 Å². The predicted molar refractivity (Wildman–Crippen MR) is 73.9 cm³/mol. The topological polar surface area (TPSA) is 47.7 Å². The van der Waals surface area contributed by atoms with Crippen molar-refractivity contribution in [2.75, 3.05) is 6.67 Å². The molecule has 0 spiro atoms. The first-order valence-corrected chi connectivity index (χ1v) is 6.13. The highest BCUT2D eigenvalue weighted by Gasteiger charge is 2.02. The molecule has 0 amide bonds. The molecule has 0 unspecified atom stereocenters. The molecule has 0 aliphatic heterocycles. The first-order valence-electron chi connectivity index (χ1n) is 6.13. The number of rotatable bonds is 7. The Kier molecular flexibility index (Phi) is 6.52. The first-order chi connectivity index (χ1) is 8.83. The van der Waals surface area contributed by atoms with Crippen LogP contribution in [0.2, 0.25) is 0 Å². The van der Waals surface area contributed by atoms with E-state index in [-0.39, 0.29) is 12.4 Å². The highest BCUT2D eigenvalue weighted by molar-refractivity contribution is 5.85. The van der Waals surface area contributed by atoms with Crippen LogP contribution in [0.25, 0.3) is 0 Å². The van der Waals surface area contributed by atoms with E-state index in [1.54, 1.807) is 10.9 Å². The summed E-state index contributed by atoms with van der Waals surface area (Å²) in [7, 11) is 0. The molecule has 2 aromatic rings.